The molecule has 0 fully saturated rings. The summed E-state index contributed by atoms with van der Waals surface area (Å²) in [5.41, 5.74) is -1.32. The van der Waals surface area contributed by atoms with Gasteiger partial charge in [-0.25, -0.2) is 4.79 Å². The van der Waals surface area contributed by atoms with E-state index in [0.717, 1.165) is 18.9 Å². The zero-order chi connectivity index (χ0) is 13.5. The lowest BCUT2D eigenvalue weighted by atomic mass is 10.2. The van der Waals surface area contributed by atoms with Crippen molar-refractivity contribution in [2.75, 3.05) is 20.2 Å². The van der Waals surface area contributed by atoms with E-state index >= 15 is 0 Å². The first-order chi connectivity index (χ1) is 8.54. The molecule has 0 spiro atoms. The maximum absolute atomic E-state index is 11.9. The lowest BCUT2D eigenvalue weighted by Gasteiger charge is -2.16. The van der Waals surface area contributed by atoms with E-state index in [4.69, 9.17) is 5.11 Å². The smallest absolute Gasteiger partial charge is 0.326 e. The molecular formula is C11H17N3O4. The average molecular weight is 255 g/mol. The first-order valence-corrected chi connectivity index (χ1v) is 5.74. The van der Waals surface area contributed by atoms with Gasteiger partial charge >= 0.3 is 5.69 Å². The molecule has 1 amide bonds. The van der Waals surface area contributed by atoms with Crippen LogP contribution in [0.5, 0.6) is 0 Å². The number of hydrogen-bond acceptors (Lipinski definition) is 4. The highest BCUT2D eigenvalue weighted by atomic mass is 16.3. The topological polar surface area (TPSA) is 106 Å². The van der Waals surface area contributed by atoms with E-state index in [1.807, 2.05) is 4.98 Å². The van der Waals surface area contributed by atoms with Crippen LogP contribution in [0.15, 0.2) is 15.7 Å². The number of rotatable bonds is 6. The summed E-state index contributed by atoms with van der Waals surface area (Å²) < 4.78 is 0. The molecule has 0 atom stereocenters. The third-order valence-electron chi connectivity index (χ3n) is 2.49. The van der Waals surface area contributed by atoms with Gasteiger partial charge in [-0.1, -0.05) is 0 Å². The predicted octanol–water partition coefficient (Wildman–Crippen LogP) is -0.702. The van der Waals surface area contributed by atoms with E-state index < -0.39 is 17.2 Å². The Hall–Kier alpha value is -1.89. The van der Waals surface area contributed by atoms with Gasteiger partial charge in [0.05, 0.1) is 0 Å². The molecule has 0 aliphatic rings. The van der Waals surface area contributed by atoms with Gasteiger partial charge in [0.2, 0.25) is 0 Å². The molecule has 0 aromatic carbocycles. The fourth-order valence-corrected chi connectivity index (χ4v) is 1.53. The third-order valence-corrected chi connectivity index (χ3v) is 2.49. The first kappa shape index (κ1) is 14.2. The van der Waals surface area contributed by atoms with Gasteiger partial charge in [0, 0.05) is 26.3 Å². The summed E-state index contributed by atoms with van der Waals surface area (Å²) in [5, 5.41) is 8.62. The molecular weight excluding hydrogens is 238 g/mol. The van der Waals surface area contributed by atoms with E-state index in [2.05, 4.69) is 4.98 Å². The van der Waals surface area contributed by atoms with Crippen molar-refractivity contribution in [3.63, 3.8) is 0 Å². The SMILES string of the molecule is CN(CCCCCO)C(=O)c1cc(=O)[nH]c(=O)[nH]1. The highest BCUT2D eigenvalue weighted by Gasteiger charge is 2.12. The monoisotopic (exact) mass is 255 g/mol. The molecule has 0 radical (unpaired) electrons. The van der Waals surface area contributed by atoms with Crippen LogP contribution < -0.4 is 11.2 Å². The van der Waals surface area contributed by atoms with Crippen molar-refractivity contribution in [2.45, 2.75) is 19.3 Å². The van der Waals surface area contributed by atoms with Gasteiger partial charge in [-0.3, -0.25) is 14.6 Å². The van der Waals surface area contributed by atoms with Crippen molar-refractivity contribution >= 4 is 5.91 Å². The summed E-state index contributed by atoms with van der Waals surface area (Å²) in [5.74, 6) is -0.401. The molecule has 7 nitrogen and oxygen atoms in total. The second-order valence-electron chi connectivity index (χ2n) is 4.01. The van der Waals surface area contributed by atoms with E-state index in [1.165, 1.54) is 4.90 Å². The molecule has 0 bridgehead atoms. The van der Waals surface area contributed by atoms with Crippen LogP contribution >= 0.6 is 0 Å². The number of carbonyl (C=O) groups excluding carboxylic acids is 1. The summed E-state index contributed by atoms with van der Waals surface area (Å²) in [6.45, 7) is 0.646. The Bertz CT molecular complexity index is 477. The molecule has 100 valence electrons. The third kappa shape index (κ3) is 4.17. The summed E-state index contributed by atoms with van der Waals surface area (Å²) >= 11 is 0. The molecule has 1 aromatic heterocycles. The highest BCUT2D eigenvalue weighted by molar-refractivity contribution is 5.91. The van der Waals surface area contributed by atoms with Gasteiger partial charge in [0.25, 0.3) is 11.5 Å². The van der Waals surface area contributed by atoms with E-state index in [-0.39, 0.29) is 12.3 Å². The molecule has 0 saturated carbocycles. The number of aromatic nitrogens is 2. The number of aromatic amines is 2. The van der Waals surface area contributed by atoms with Gasteiger partial charge in [0.1, 0.15) is 5.69 Å². The summed E-state index contributed by atoms with van der Waals surface area (Å²) in [4.78, 5) is 39.7. The number of nitrogens with one attached hydrogen (secondary N) is 2. The number of aliphatic hydroxyl groups excluding tert-OH is 1. The van der Waals surface area contributed by atoms with Crippen molar-refractivity contribution in [3.05, 3.63) is 32.6 Å². The number of unbranched alkanes of at least 4 members (excludes halogenated alkanes) is 2. The number of H-pyrrole nitrogens is 2. The Labute approximate surface area is 103 Å². The highest BCUT2D eigenvalue weighted by Crippen LogP contribution is 2.00. The van der Waals surface area contributed by atoms with Gasteiger partial charge in [-0.15, -0.1) is 0 Å². The second kappa shape index (κ2) is 6.75. The maximum atomic E-state index is 11.9. The molecule has 1 aromatic rings. The minimum atomic E-state index is -0.695. The second-order valence-corrected chi connectivity index (χ2v) is 4.01. The van der Waals surface area contributed by atoms with Crippen LogP contribution in [0.25, 0.3) is 0 Å². The van der Waals surface area contributed by atoms with E-state index in [1.54, 1.807) is 7.05 Å². The fourth-order valence-electron chi connectivity index (χ4n) is 1.53. The van der Waals surface area contributed by atoms with Crippen LogP contribution in [0.2, 0.25) is 0 Å². The van der Waals surface area contributed by atoms with Crippen LogP contribution in [-0.4, -0.2) is 46.1 Å². The molecule has 0 aliphatic heterocycles. The zero-order valence-corrected chi connectivity index (χ0v) is 10.2. The minimum absolute atomic E-state index is 0.0200. The van der Waals surface area contributed by atoms with Gasteiger partial charge in [-0.2, -0.15) is 0 Å². The fraction of sp³-hybridized carbons (Fsp3) is 0.545. The largest absolute Gasteiger partial charge is 0.396 e. The van der Waals surface area contributed by atoms with Gasteiger partial charge < -0.3 is 15.0 Å². The number of hydrogen-bond donors (Lipinski definition) is 3. The molecule has 0 aliphatic carbocycles. The standard InChI is InChI=1S/C11H17N3O4/c1-14(5-3-2-4-6-15)10(17)8-7-9(16)13-11(18)12-8/h7,15H,2-6H2,1H3,(H2,12,13,16,18). The Morgan fingerprint density at radius 3 is 2.61 bits per heavy atom. The molecule has 1 heterocycles. The van der Waals surface area contributed by atoms with Gasteiger partial charge in [0.15, 0.2) is 0 Å². The number of nitrogens with zero attached hydrogens (tertiary/aromatic N) is 1. The van der Waals surface area contributed by atoms with Crippen molar-refractivity contribution < 1.29 is 9.90 Å². The number of amides is 1. The van der Waals surface area contributed by atoms with E-state index in [9.17, 15) is 14.4 Å². The van der Waals surface area contributed by atoms with Crippen LogP contribution in [0.4, 0.5) is 0 Å². The molecule has 7 heteroatoms. The number of carbonyl (C=O) groups is 1. The van der Waals surface area contributed by atoms with Crippen molar-refractivity contribution in [1.29, 1.82) is 0 Å². The molecule has 0 saturated heterocycles. The van der Waals surface area contributed by atoms with Crippen LogP contribution in [0, 0.1) is 0 Å². The van der Waals surface area contributed by atoms with Crippen molar-refractivity contribution in [2.24, 2.45) is 0 Å². The molecule has 3 N–H and O–H groups in total. The Kier molecular flexibility index (Phi) is 5.31. The first-order valence-electron chi connectivity index (χ1n) is 5.74. The lowest BCUT2D eigenvalue weighted by Crippen LogP contribution is -2.33. The molecule has 1 rings (SSSR count). The van der Waals surface area contributed by atoms with Crippen LogP contribution in [-0.2, 0) is 0 Å². The maximum Gasteiger partial charge on any atom is 0.326 e. The molecule has 0 unspecified atom stereocenters. The summed E-state index contributed by atoms with van der Waals surface area (Å²) in [6.07, 6.45) is 2.28. The Morgan fingerprint density at radius 1 is 1.28 bits per heavy atom. The predicted molar refractivity (Wildman–Crippen MR) is 65.6 cm³/mol. The Morgan fingerprint density at radius 2 is 2.00 bits per heavy atom. The quantitative estimate of drug-likeness (QED) is 0.584. The Balaban J connectivity index is 2.63. The van der Waals surface area contributed by atoms with Crippen molar-refractivity contribution in [1.82, 2.24) is 14.9 Å². The van der Waals surface area contributed by atoms with Crippen LogP contribution in [0.3, 0.4) is 0 Å². The summed E-state index contributed by atoms with van der Waals surface area (Å²) in [7, 11) is 1.60. The van der Waals surface area contributed by atoms with Gasteiger partial charge in [-0.05, 0) is 19.3 Å². The summed E-state index contributed by atoms with van der Waals surface area (Å²) in [6, 6.07) is 1.06. The average Bonchev–Trinajstić information content (AvgIpc) is 2.32. The lowest BCUT2D eigenvalue weighted by molar-refractivity contribution is 0.0785. The van der Waals surface area contributed by atoms with Crippen LogP contribution in [0.1, 0.15) is 29.8 Å². The zero-order valence-electron chi connectivity index (χ0n) is 10.2. The van der Waals surface area contributed by atoms with Crippen molar-refractivity contribution in [3.8, 4) is 0 Å². The number of aliphatic hydroxyl groups is 1. The van der Waals surface area contributed by atoms with E-state index in [0.29, 0.717) is 13.0 Å². The minimum Gasteiger partial charge on any atom is -0.396 e. The molecule has 18 heavy (non-hydrogen) atoms. The normalized spacial score (nSPS) is 10.3.